The van der Waals surface area contributed by atoms with E-state index in [0.717, 1.165) is 13.1 Å². The number of hydrogen-bond acceptors (Lipinski definition) is 4. The van der Waals surface area contributed by atoms with Gasteiger partial charge in [-0.15, -0.1) is 0 Å². The Bertz CT molecular complexity index is 318. The van der Waals surface area contributed by atoms with Crippen molar-refractivity contribution in [2.24, 2.45) is 5.73 Å². The van der Waals surface area contributed by atoms with Crippen LogP contribution < -0.4 is 5.73 Å². The van der Waals surface area contributed by atoms with E-state index >= 15 is 0 Å². The third kappa shape index (κ3) is 4.17. The molecule has 2 N–H and O–H groups in total. The molecule has 5 nitrogen and oxygen atoms in total. The van der Waals surface area contributed by atoms with Crippen molar-refractivity contribution >= 4 is 15.7 Å². The topological polar surface area (TPSA) is 80.5 Å². The van der Waals surface area contributed by atoms with E-state index in [4.69, 9.17) is 5.73 Å². The highest BCUT2D eigenvalue weighted by molar-refractivity contribution is 7.91. The first-order valence-electron chi connectivity index (χ1n) is 5.09. The zero-order valence-corrected chi connectivity index (χ0v) is 9.79. The van der Waals surface area contributed by atoms with Crippen molar-refractivity contribution in [1.82, 2.24) is 4.90 Å². The van der Waals surface area contributed by atoms with Crippen molar-refractivity contribution in [1.29, 1.82) is 0 Å². The van der Waals surface area contributed by atoms with Crippen molar-refractivity contribution in [3.63, 3.8) is 0 Å². The van der Waals surface area contributed by atoms with Crippen LogP contribution in [0.3, 0.4) is 0 Å². The SMILES string of the molecule is CS(=O)(=O)C1CCN(CCC(N)=O)CC1. The highest BCUT2D eigenvalue weighted by Crippen LogP contribution is 2.16. The number of sulfone groups is 1. The van der Waals surface area contributed by atoms with E-state index in [9.17, 15) is 13.2 Å². The van der Waals surface area contributed by atoms with E-state index in [0.29, 0.717) is 25.8 Å². The van der Waals surface area contributed by atoms with Crippen molar-refractivity contribution < 1.29 is 13.2 Å². The van der Waals surface area contributed by atoms with Crippen molar-refractivity contribution in [3.05, 3.63) is 0 Å². The van der Waals surface area contributed by atoms with Gasteiger partial charge < -0.3 is 10.6 Å². The van der Waals surface area contributed by atoms with Crippen LogP contribution in [-0.4, -0.2) is 50.4 Å². The molecule has 0 unspecified atom stereocenters. The zero-order valence-electron chi connectivity index (χ0n) is 8.98. The van der Waals surface area contributed by atoms with Gasteiger partial charge >= 0.3 is 0 Å². The smallest absolute Gasteiger partial charge is 0.218 e. The normalized spacial score (nSPS) is 20.3. The lowest BCUT2D eigenvalue weighted by atomic mass is 10.1. The monoisotopic (exact) mass is 234 g/mol. The van der Waals surface area contributed by atoms with Crippen molar-refractivity contribution in [2.45, 2.75) is 24.5 Å². The number of primary amides is 1. The first kappa shape index (κ1) is 12.4. The van der Waals surface area contributed by atoms with Crippen LogP contribution in [0.4, 0.5) is 0 Å². The summed E-state index contributed by atoms with van der Waals surface area (Å²) in [7, 11) is -2.90. The second kappa shape index (κ2) is 4.94. The van der Waals surface area contributed by atoms with Gasteiger partial charge in [0, 0.05) is 19.2 Å². The lowest BCUT2D eigenvalue weighted by Crippen LogP contribution is -2.40. The number of carbonyl (C=O) groups is 1. The van der Waals surface area contributed by atoms with Gasteiger partial charge in [-0.25, -0.2) is 8.42 Å². The van der Waals surface area contributed by atoms with Gasteiger partial charge in [0.1, 0.15) is 9.84 Å². The minimum absolute atomic E-state index is 0.206. The quantitative estimate of drug-likeness (QED) is 0.702. The minimum atomic E-state index is -2.90. The average molecular weight is 234 g/mol. The standard InChI is InChI=1S/C9H18N2O3S/c1-15(13,14)8-2-5-11(6-3-8)7-4-9(10)12/h8H,2-7H2,1H3,(H2,10,12). The second-order valence-electron chi connectivity index (χ2n) is 4.09. The number of hydrogen-bond donors (Lipinski definition) is 1. The molecule has 0 aromatic heterocycles. The Balaban J connectivity index is 2.33. The predicted molar refractivity (Wildman–Crippen MR) is 58.1 cm³/mol. The van der Waals surface area contributed by atoms with Crippen LogP contribution in [0.25, 0.3) is 0 Å². The molecule has 1 rings (SSSR count). The van der Waals surface area contributed by atoms with E-state index in [-0.39, 0.29) is 11.2 Å². The zero-order chi connectivity index (χ0) is 11.5. The summed E-state index contributed by atoms with van der Waals surface area (Å²) >= 11 is 0. The van der Waals surface area contributed by atoms with Gasteiger partial charge in [-0.3, -0.25) is 4.79 Å². The van der Waals surface area contributed by atoms with E-state index in [2.05, 4.69) is 4.90 Å². The van der Waals surface area contributed by atoms with E-state index in [1.54, 1.807) is 0 Å². The van der Waals surface area contributed by atoms with E-state index < -0.39 is 9.84 Å². The molecule has 0 aromatic carbocycles. The maximum atomic E-state index is 11.3. The van der Waals surface area contributed by atoms with Gasteiger partial charge in [-0.1, -0.05) is 0 Å². The highest BCUT2D eigenvalue weighted by Gasteiger charge is 2.26. The fraction of sp³-hybridized carbons (Fsp3) is 0.889. The molecular formula is C9H18N2O3S. The maximum absolute atomic E-state index is 11.3. The molecule has 0 bridgehead atoms. The molecule has 0 atom stereocenters. The summed E-state index contributed by atoms with van der Waals surface area (Å²) in [6.45, 7) is 2.13. The van der Waals surface area contributed by atoms with Crippen LogP contribution in [0.5, 0.6) is 0 Å². The molecule has 1 aliphatic heterocycles. The molecule has 0 saturated carbocycles. The van der Waals surface area contributed by atoms with Crippen molar-refractivity contribution in [2.75, 3.05) is 25.9 Å². The molecule has 1 fully saturated rings. The Labute approximate surface area is 90.5 Å². The van der Waals surface area contributed by atoms with Crippen LogP contribution >= 0.6 is 0 Å². The average Bonchev–Trinajstić information content (AvgIpc) is 2.14. The Morgan fingerprint density at radius 1 is 1.40 bits per heavy atom. The second-order valence-corrected chi connectivity index (χ2v) is 6.41. The van der Waals surface area contributed by atoms with Crippen LogP contribution in [0, 0.1) is 0 Å². The van der Waals surface area contributed by atoms with Gasteiger partial charge in [0.2, 0.25) is 5.91 Å². The summed E-state index contributed by atoms with van der Waals surface area (Å²) in [5.74, 6) is -0.305. The predicted octanol–water partition coefficient (Wildman–Crippen LogP) is -0.629. The Morgan fingerprint density at radius 2 is 1.93 bits per heavy atom. The molecule has 1 saturated heterocycles. The summed E-state index contributed by atoms with van der Waals surface area (Å²) in [5.41, 5.74) is 5.04. The lowest BCUT2D eigenvalue weighted by molar-refractivity contribution is -0.118. The largest absolute Gasteiger partial charge is 0.370 e. The van der Waals surface area contributed by atoms with Gasteiger partial charge in [0.05, 0.1) is 5.25 Å². The number of rotatable bonds is 4. The number of amides is 1. The van der Waals surface area contributed by atoms with Gasteiger partial charge in [-0.2, -0.15) is 0 Å². The fourth-order valence-corrected chi connectivity index (χ4v) is 2.90. The maximum Gasteiger partial charge on any atom is 0.218 e. The summed E-state index contributed by atoms with van der Waals surface area (Å²) in [6, 6.07) is 0. The number of nitrogens with zero attached hydrogens (tertiary/aromatic N) is 1. The lowest BCUT2D eigenvalue weighted by Gasteiger charge is -2.30. The van der Waals surface area contributed by atoms with E-state index in [1.165, 1.54) is 6.26 Å². The Hall–Kier alpha value is -0.620. The molecule has 0 aromatic rings. The molecule has 1 aliphatic rings. The molecule has 0 aliphatic carbocycles. The van der Waals surface area contributed by atoms with Crippen molar-refractivity contribution in [3.8, 4) is 0 Å². The molecule has 0 radical (unpaired) electrons. The molecule has 1 amide bonds. The summed E-state index contributed by atoms with van der Waals surface area (Å²) in [6.07, 6.45) is 2.97. The van der Waals surface area contributed by atoms with E-state index in [1.807, 2.05) is 0 Å². The van der Waals surface area contributed by atoms with Crippen LogP contribution in [-0.2, 0) is 14.6 Å². The minimum Gasteiger partial charge on any atom is -0.370 e. The number of nitrogens with two attached hydrogens (primary N) is 1. The summed E-state index contributed by atoms with van der Waals surface area (Å²) in [4.78, 5) is 12.7. The number of piperidine rings is 1. The summed E-state index contributed by atoms with van der Waals surface area (Å²) < 4.78 is 22.5. The van der Waals surface area contributed by atoms with Crippen LogP contribution in [0.15, 0.2) is 0 Å². The highest BCUT2D eigenvalue weighted by atomic mass is 32.2. The number of likely N-dealkylation sites (tertiary alicyclic amines) is 1. The first-order valence-corrected chi connectivity index (χ1v) is 7.04. The molecule has 88 valence electrons. The van der Waals surface area contributed by atoms with Gasteiger partial charge in [0.15, 0.2) is 0 Å². The first-order chi connectivity index (χ1) is 6.89. The van der Waals surface area contributed by atoms with Crippen LogP contribution in [0.2, 0.25) is 0 Å². The molecule has 6 heteroatoms. The van der Waals surface area contributed by atoms with Gasteiger partial charge in [0.25, 0.3) is 0 Å². The molecule has 1 heterocycles. The molecule has 0 spiro atoms. The third-order valence-corrected chi connectivity index (χ3v) is 4.50. The third-order valence-electron chi connectivity index (χ3n) is 2.81. The fourth-order valence-electron chi connectivity index (χ4n) is 1.83. The summed E-state index contributed by atoms with van der Waals surface area (Å²) in [5, 5.41) is -0.206. The van der Waals surface area contributed by atoms with Crippen LogP contribution in [0.1, 0.15) is 19.3 Å². The van der Waals surface area contributed by atoms with Gasteiger partial charge in [-0.05, 0) is 25.9 Å². The Morgan fingerprint density at radius 3 is 2.33 bits per heavy atom. The number of carbonyl (C=O) groups excluding carboxylic acids is 1. The molecular weight excluding hydrogens is 216 g/mol. The molecule has 15 heavy (non-hydrogen) atoms. The Kier molecular flexibility index (Phi) is 4.10.